The molecule has 0 bridgehead atoms. The van der Waals surface area contributed by atoms with Crippen molar-refractivity contribution in [2.45, 2.75) is 39.9 Å². The largest absolute Gasteiger partial charge is 1.00 e. The molecule has 5 nitrogen and oxygen atoms in total. The molecule has 102 valence electrons. The zero-order valence-corrected chi connectivity index (χ0v) is 14.2. The summed E-state index contributed by atoms with van der Waals surface area (Å²) in [5.41, 5.74) is 0. The Hall–Kier alpha value is -0.235. The van der Waals surface area contributed by atoms with Crippen LogP contribution in [-0.4, -0.2) is 29.7 Å². The number of phenols is 2. The van der Waals surface area contributed by atoms with E-state index in [2.05, 4.69) is 0 Å². The first-order chi connectivity index (χ1) is 8.32. The summed E-state index contributed by atoms with van der Waals surface area (Å²) in [5, 5.41) is 28.0. The van der Waals surface area contributed by atoms with Crippen molar-refractivity contribution in [3.63, 3.8) is 0 Å². The van der Waals surface area contributed by atoms with Gasteiger partial charge in [0.15, 0.2) is 11.5 Å². The summed E-state index contributed by atoms with van der Waals surface area (Å²) < 4.78 is 9.57. The monoisotopic (exact) mass is 278 g/mol. The van der Waals surface area contributed by atoms with Gasteiger partial charge in [0.1, 0.15) is 0 Å². The number of hydrogen-bond donors (Lipinski definition) is 2. The van der Waals surface area contributed by atoms with E-state index in [1.807, 2.05) is 0 Å². The van der Waals surface area contributed by atoms with Crippen molar-refractivity contribution in [2.24, 2.45) is 0 Å². The van der Waals surface area contributed by atoms with Crippen LogP contribution in [0, 0.1) is 0 Å². The number of hydrogen-bond acceptors (Lipinski definition) is 5. The van der Waals surface area contributed by atoms with Crippen molar-refractivity contribution < 1.29 is 54.1 Å². The van der Waals surface area contributed by atoms with Crippen LogP contribution in [0.2, 0.25) is 0 Å². The Balaban J connectivity index is 0. The third-order valence-electron chi connectivity index (χ3n) is 1.65. The van der Waals surface area contributed by atoms with Gasteiger partial charge in [0.25, 0.3) is 0 Å². The van der Waals surface area contributed by atoms with Crippen molar-refractivity contribution in [3.05, 3.63) is 24.3 Å². The van der Waals surface area contributed by atoms with Crippen LogP contribution in [0.25, 0.3) is 0 Å². The maximum Gasteiger partial charge on any atom is 1.00 e. The third kappa shape index (κ3) is 12.5. The van der Waals surface area contributed by atoms with Crippen molar-refractivity contribution >= 4 is 7.32 Å². The number of phenolic OH excluding ortho intramolecular Hbond substituents is 2. The van der Waals surface area contributed by atoms with Gasteiger partial charge < -0.3 is 24.5 Å². The molecule has 1 aromatic carbocycles. The van der Waals surface area contributed by atoms with E-state index in [1.54, 1.807) is 39.8 Å². The fourth-order valence-electron chi connectivity index (χ4n) is 0.941. The van der Waals surface area contributed by atoms with E-state index in [1.165, 1.54) is 12.1 Å². The maximum atomic E-state index is 10.7. The average molecular weight is 278 g/mol. The molecule has 0 saturated heterocycles. The van der Waals surface area contributed by atoms with Crippen LogP contribution in [-0.2, 0) is 9.31 Å². The van der Waals surface area contributed by atoms with Gasteiger partial charge in [0.2, 0.25) is 0 Å². The van der Waals surface area contributed by atoms with Gasteiger partial charge >= 0.3 is 36.9 Å². The first-order valence-corrected chi connectivity index (χ1v) is 5.76. The molecule has 0 radical (unpaired) electrons. The molecule has 0 unspecified atom stereocenters. The molecule has 1 rings (SSSR count). The summed E-state index contributed by atoms with van der Waals surface area (Å²) >= 11 is 0. The summed E-state index contributed by atoms with van der Waals surface area (Å²) in [6, 6.07) is 6.15. The topological polar surface area (TPSA) is 82.0 Å². The Morgan fingerprint density at radius 2 is 1.26 bits per heavy atom. The minimum Gasteiger partial charge on any atom is -0.832 e. The molecular formula is C12H20BNaO5. The summed E-state index contributed by atoms with van der Waals surface area (Å²) in [7, 11) is -1.33. The quantitative estimate of drug-likeness (QED) is 0.506. The molecule has 0 heterocycles. The summed E-state index contributed by atoms with van der Waals surface area (Å²) in [6.07, 6.45) is -0.137. The van der Waals surface area contributed by atoms with Crippen molar-refractivity contribution in [2.75, 3.05) is 0 Å². The van der Waals surface area contributed by atoms with Gasteiger partial charge in [-0.3, -0.25) is 0 Å². The smallest absolute Gasteiger partial charge is 0.832 e. The van der Waals surface area contributed by atoms with Crippen molar-refractivity contribution in [3.8, 4) is 11.5 Å². The molecule has 0 spiro atoms. The predicted octanol–water partition coefficient (Wildman–Crippen LogP) is -1.72. The molecule has 0 aliphatic rings. The van der Waals surface area contributed by atoms with E-state index in [0.29, 0.717) is 0 Å². The number of benzene rings is 1. The number of rotatable bonds is 4. The fraction of sp³-hybridized carbons (Fsp3) is 0.500. The van der Waals surface area contributed by atoms with Crippen molar-refractivity contribution in [1.82, 2.24) is 0 Å². The molecule has 0 aromatic heterocycles. The second-order valence-corrected chi connectivity index (χ2v) is 4.15. The normalized spacial score (nSPS) is 9.63. The van der Waals surface area contributed by atoms with Crippen LogP contribution in [0.3, 0.4) is 0 Å². The molecule has 1 aromatic rings. The van der Waals surface area contributed by atoms with Gasteiger partial charge in [0, 0.05) is 12.2 Å². The van der Waals surface area contributed by atoms with Gasteiger partial charge in [-0.25, -0.2) is 0 Å². The Morgan fingerprint density at radius 1 is 0.947 bits per heavy atom. The van der Waals surface area contributed by atoms with E-state index in [4.69, 9.17) is 19.5 Å². The van der Waals surface area contributed by atoms with Crippen LogP contribution >= 0.6 is 0 Å². The van der Waals surface area contributed by atoms with Crippen LogP contribution in [0.15, 0.2) is 24.3 Å². The van der Waals surface area contributed by atoms with Crippen LogP contribution < -0.4 is 34.6 Å². The standard InChI is InChI=1S/C6H14BO3.C6H6O2.Na/c1-5(2)9-7(8)10-6(3)4;7-5-3-1-2-4-6(5)8;/h5-6H,1-4H3;1-4,7-8H;/q-1;;+1. The molecule has 0 atom stereocenters. The Bertz CT molecular complexity index is 305. The molecule has 0 aliphatic heterocycles. The van der Waals surface area contributed by atoms with Gasteiger partial charge in [-0.1, -0.05) is 12.1 Å². The van der Waals surface area contributed by atoms with E-state index in [0.717, 1.165) is 0 Å². The van der Waals surface area contributed by atoms with E-state index in [9.17, 15) is 5.02 Å². The SMILES string of the molecule is CC(C)OB([O-])OC(C)C.Oc1ccccc1O.[Na+]. The van der Waals surface area contributed by atoms with Gasteiger partial charge in [-0.05, 0) is 39.8 Å². The molecular weight excluding hydrogens is 258 g/mol. The maximum absolute atomic E-state index is 10.7. The second kappa shape index (κ2) is 11.6. The average Bonchev–Trinajstić information content (AvgIpc) is 2.21. The predicted molar refractivity (Wildman–Crippen MR) is 68.0 cm³/mol. The van der Waals surface area contributed by atoms with E-state index < -0.39 is 7.32 Å². The van der Waals surface area contributed by atoms with Gasteiger partial charge in [-0.15, -0.1) is 0 Å². The van der Waals surface area contributed by atoms with Crippen molar-refractivity contribution in [1.29, 1.82) is 0 Å². The Kier molecular flexibility index (Phi) is 12.8. The summed E-state index contributed by atoms with van der Waals surface area (Å²) in [4.78, 5) is 0. The molecule has 2 N–H and O–H groups in total. The minimum absolute atomic E-state index is 0. The minimum atomic E-state index is -1.33. The Morgan fingerprint density at radius 3 is 1.47 bits per heavy atom. The third-order valence-corrected chi connectivity index (χ3v) is 1.65. The van der Waals surface area contributed by atoms with Crippen LogP contribution in [0.5, 0.6) is 11.5 Å². The summed E-state index contributed by atoms with van der Waals surface area (Å²) in [6.45, 7) is 7.20. The Labute approximate surface area is 137 Å². The summed E-state index contributed by atoms with van der Waals surface area (Å²) in [5.74, 6) is -0.153. The van der Waals surface area contributed by atoms with Crippen LogP contribution in [0.4, 0.5) is 0 Å². The first-order valence-electron chi connectivity index (χ1n) is 5.76. The molecule has 0 saturated carbocycles. The zero-order valence-electron chi connectivity index (χ0n) is 12.2. The van der Waals surface area contributed by atoms with E-state index >= 15 is 0 Å². The van der Waals surface area contributed by atoms with E-state index in [-0.39, 0.29) is 53.3 Å². The fourth-order valence-corrected chi connectivity index (χ4v) is 0.941. The number of aromatic hydroxyl groups is 2. The molecule has 0 fully saturated rings. The van der Waals surface area contributed by atoms with Crippen LogP contribution in [0.1, 0.15) is 27.7 Å². The van der Waals surface area contributed by atoms with Gasteiger partial charge in [0.05, 0.1) is 0 Å². The molecule has 0 aliphatic carbocycles. The molecule has 0 amide bonds. The molecule has 19 heavy (non-hydrogen) atoms. The molecule has 7 heteroatoms. The number of para-hydroxylation sites is 2. The first kappa shape index (κ1) is 21.1. The second-order valence-electron chi connectivity index (χ2n) is 4.15. The zero-order chi connectivity index (χ0) is 14.1. The van der Waals surface area contributed by atoms with Gasteiger partial charge in [-0.2, -0.15) is 0 Å².